The maximum Gasteiger partial charge on any atom is 0.312 e. The van der Waals surface area contributed by atoms with Crippen LogP contribution >= 0.6 is 0 Å². The summed E-state index contributed by atoms with van der Waals surface area (Å²) in [5, 5.41) is 25.0. The maximum atomic E-state index is 10.6. The summed E-state index contributed by atoms with van der Waals surface area (Å²) in [5.74, 6) is -1.32. The average Bonchev–Trinajstić information content (AvgIpc) is 2.40. The second-order valence-corrected chi connectivity index (χ2v) is 3.22. The highest BCUT2D eigenvalue weighted by Gasteiger charge is 2.24. The molecule has 1 atom stereocenters. The number of nitro groups is 1. The third kappa shape index (κ3) is 1.80. The molecule has 0 aliphatic rings. The first-order chi connectivity index (χ1) is 6.86. The normalized spacial score (nSPS) is 12.5. The van der Waals surface area contributed by atoms with E-state index in [1.807, 2.05) is 0 Å². The quantitative estimate of drug-likeness (QED) is 0.506. The van der Waals surface area contributed by atoms with Gasteiger partial charge in [-0.3, -0.25) is 14.8 Å². The van der Waals surface area contributed by atoms with Gasteiger partial charge in [0.2, 0.25) is 0 Å². The van der Waals surface area contributed by atoms with Gasteiger partial charge in [0.15, 0.2) is 0 Å². The summed E-state index contributed by atoms with van der Waals surface area (Å²) in [5.41, 5.74) is 0.267. The fraction of sp³-hybridized carbons (Fsp3) is 0.500. The van der Waals surface area contributed by atoms with Gasteiger partial charge in [0.25, 0.3) is 0 Å². The topological polar surface area (TPSA) is 101 Å². The number of hydrogen-bond donors (Lipinski definition) is 0. The fourth-order valence-electron chi connectivity index (χ4n) is 1.40. The van der Waals surface area contributed by atoms with Crippen molar-refractivity contribution in [3.05, 3.63) is 21.5 Å². The Balaban J connectivity index is 3.29. The van der Waals surface area contributed by atoms with Gasteiger partial charge in [0.1, 0.15) is 11.4 Å². The van der Waals surface area contributed by atoms with E-state index in [9.17, 15) is 20.0 Å². The predicted octanol–water partition coefficient (Wildman–Crippen LogP) is -0.281. The summed E-state index contributed by atoms with van der Waals surface area (Å²) in [6.07, 6.45) is 0. The molecule has 0 saturated carbocycles. The molecule has 15 heavy (non-hydrogen) atoms. The summed E-state index contributed by atoms with van der Waals surface area (Å²) < 4.78 is 1.09. The van der Waals surface area contributed by atoms with E-state index in [1.54, 1.807) is 0 Å². The summed E-state index contributed by atoms with van der Waals surface area (Å²) in [6.45, 7) is 4.28. The molecule has 0 spiro atoms. The lowest BCUT2D eigenvalue weighted by Gasteiger charge is -2.13. The van der Waals surface area contributed by atoms with Gasteiger partial charge in [-0.25, -0.2) is 0 Å². The van der Waals surface area contributed by atoms with Crippen molar-refractivity contribution in [2.45, 2.75) is 26.8 Å². The van der Waals surface area contributed by atoms with Crippen LogP contribution in [0.5, 0.6) is 0 Å². The monoisotopic (exact) mass is 212 g/mol. The molecular formula is C8H10N3O4-. The first kappa shape index (κ1) is 11.2. The summed E-state index contributed by atoms with van der Waals surface area (Å²) in [7, 11) is 0. The van der Waals surface area contributed by atoms with Crippen LogP contribution in [0, 0.1) is 24.0 Å². The van der Waals surface area contributed by atoms with E-state index in [0.717, 1.165) is 4.68 Å². The van der Waals surface area contributed by atoms with Crippen LogP contribution in [-0.2, 0) is 4.79 Å². The maximum absolute atomic E-state index is 10.6. The molecule has 0 aliphatic heterocycles. The van der Waals surface area contributed by atoms with E-state index < -0.39 is 16.9 Å². The number of aryl methyl sites for hydroxylation is 1. The minimum atomic E-state index is -1.32. The Morgan fingerprint density at radius 2 is 2.07 bits per heavy atom. The first-order valence-corrected chi connectivity index (χ1v) is 4.27. The molecule has 1 aromatic heterocycles. The van der Waals surface area contributed by atoms with E-state index in [1.165, 1.54) is 20.8 Å². The molecule has 0 aromatic carbocycles. The SMILES string of the molecule is Cc1nn([C@H](C)C(=O)[O-])c(C)c1[N+](=O)[O-]. The zero-order valence-corrected chi connectivity index (χ0v) is 8.55. The highest BCUT2D eigenvalue weighted by atomic mass is 16.6. The van der Waals surface area contributed by atoms with Gasteiger partial charge in [-0.2, -0.15) is 5.10 Å². The summed E-state index contributed by atoms with van der Waals surface area (Å²) in [4.78, 5) is 20.7. The lowest BCUT2D eigenvalue weighted by molar-refractivity contribution is -0.386. The summed E-state index contributed by atoms with van der Waals surface area (Å²) in [6, 6.07) is -1.02. The molecular weight excluding hydrogens is 202 g/mol. The number of carboxylic acid groups (broad SMARTS) is 1. The van der Waals surface area contributed by atoms with Crippen LogP contribution in [0.3, 0.4) is 0 Å². The molecule has 0 radical (unpaired) electrons. The van der Waals surface area contributed by atoms with Crippen LogP contribution in [0.2, 0.25) is 0 Å². The second kappa shape index (κ2) is 3.68. The van der Waals surface area contributed by atoms with Crippen molar-refractivity contribution in [3.63, 3.8) is 0 Å². The van der Waals surface area contributed by atoms with Crippen molar-refractivity contribution in [2.75, 3.05) is 0 Å². The lowest BCUT2D eigenvalue weighted by Crippen LogP contribution is -2.32. The highest BCUT2D eigenvalue weighted by molar-refractivity contribution is 5.69. The predicted molar refractivity (Wildman–Crippen MR) is 48.1 cm³/mol. The van der Waals surface area contributed by atoms with E-state index in [2.05, 4.69) is 5.10 Å². The van der Waals surface area contributed by atoms with Gasteiger partial charge in [-0.15, -0.1) is 0 Å². The zero-order valence-electron chi connectivity index (χ0n) is 8.55. The van der Waals surface area contributed by atoms with Crippen molar-refractivity contribution < 1.29 is 14.8 Å². The van der Waals surface area contributed by atoms with Crippen LogP contribution in [0.25, 0.3) is 0 Å². The van der Waals surface area contributed by atoms with Crippen molar-refractivity contribution >= 4 is 11.7 Å². The number of aliphatic carboxylic acids is 1. The highest BCUT2D eigenvalue weighted by Crippen LogP contribution is 2.24. The molecule has 1 heterocycles. The third-order valence-electron chi connectivity index (χ3n) is 2.18. The van der Waals surface area contributed by atoms with Gasteiger partial charge in [-0.1, -0.05) is 0 Å². The fourth-order valence-corrected chi connectivity index (χ4v) is 1.40. The van der Waals surface area contributed by atoms with Crippen molar-refractivity contribution in [2.24, 2.45) is 0 Å². The first-order valence-electron chi connectivity index (χ1n) is 4.27. The Morgan fingerprint density at radius 1 is 1.53 bits per heavy atom. The number of aromatic nitrogens is 2. The minimum absolute atomic E-state index is 0.150. The Labute approximate surface area is 85.5 Å². The molecule has 0 saturated heterocycles. The third-order valence-corrected chi connectivity index (χ3v) is 2.18. The van der Waals surface area contributed by atoms with Crippen LogP contribution in [0.1, 0.15) is 24.4 Å². The molecule has 1 rings (SSSR count). The molecule has 1 aromatic rings. The standard InChI is InChI=1S/C8H11N3O4/c1-4-7(11(14)15)5(2)10(9-4)6(3)8(12)13/h6H,1-3H3,(H,12,13)/p-1/t6-/m1/s1. The second-order valence-electron chi connectivity index (χ2n) is 3.22. The van der Waals surface area contributed by atoms with Gasteiger partial charge < -0.3 is 9.90 Å². The summed E-state index contributed by atoms with van der Waals surface area (Å²) >= 11 is 0. The van der Waals surface area contributed by atoms with E-state index in [0.29, 0.717) is 0 Å². The molecule has 7 nitrogen and oxygen atoms in total. The van der Waals surface area contributed by atoms with Gasteiger partial charge in [0, 0.05) is 0 Å². The molecule has 7 heteroatoms. The van der Waals surface area contributed by atoms with Crippen molar-refractivity contribution in [1.29, 1.82) is 0 Å². The molecule has 0 fully saturated rings. The minimum Gasteiger partial charge on any atom is -0.548 e. The molecule has 0 N–H and O–H groups in total. The Morgan fingerprint density at radius 3 is 2.40 bits per heavy atom. The van der Waals surface area contributed by atoms with Gasteiger partial charge >= 0.3 is 5.69 Å². The Kier molecular flexibility index (Phi) is 2.74. The largest absolute Gasteiger partial charge is 0.548 e. The molecule has 0 unspecified atom stereocenters. The van der Waals surface area contributed by atoms with Gasteiger partial charge in [-0.05, 0) is 20.8 Å². The molecule has 0 bridgehead atoms. The number of carboxylic acids is 1. The smallest absolute Gasteiger partial charge is 0.312 e. The van der Waals surface area contributed by atoms with E-state index >= 15 is 0 Å². The number of nitrogens with zero attached hydrogens (tertiary/aromatic N) is 3. The molecule has 82 valence electrons. The number of carbonyl (C=O) groups excluding carboxylic acids is 1. The number of hydrogen-bond acceptors (Lipinski definition) is 5. The zero-order chi connectivity index (χ0) is 11.7. The van der Waals surface area contributed by atoms with Crippen LogP contribution in [0.15, 0.2) is 0 Å². The van der Waals surface area contributed by atoms with E-state index in [4.69, 9.17) is 0 Å². The lowest BCUT2D eigenvalue weighted by atomic mass is 10.3. The van der Waals surface area contributed by atoms with Crippen LogP contribution in [-0.4, -0.2) is 20.7 Å². The van der Waals surface area contributed by atoms with Crippen LogP contribution in [0.4, 0.5) is 5.69 Å². The van der Waals surface area contributed by atoms with E-state index in [-0.39, 0.29) is 17.1 Å². The average molecular weight is 212 g/mol. The number of rotatable bonds is 3. The van der Waals surface area contributed by atoms with Gasteiger partial charge in [0.05, 0.1) is 16.9 Å². The van der Waals surface area contributed by atoms with Crippen molar-refractivity contribution in [1.82, 2.24) is 9.78 Å². The van der Waals surface area contributed by atoms with Crippen molar-refractivity contribution in [3.8, 4) is 0 Å². The Bertz CT molecular complexity index is 424. The number of carbonyl (C=O) groups is 1. The molecule has 0 aliphatic carbocycles. The Hall–Kier alpha value is -1.92. The van der Waals surface area contributed by atoms with Crippen LogP contribution < -0.4 is 5.11 Å². The molecule has 0 amide bonds.